The highest BCUT2D eigenvalue weighted by atomic mass is 16.5. The van der Waals surface area contributed by atoms with Crippen LogP contribution in [0.15, 0.2) is 24.3 Å². The molecule has 1 aliphatic rings. The lowest BCUT2D eigenvalue weighted by molar-refractivity contribution is 0.0602. The molecular weight excluding hydrogens is 216 g/mol. The number of nitrogens with one attached hydrogen (secondary N) is 2. The van der Waals surface area contributed by atoms with Gasteiger partial charge < -0.3 is 15.4 Å². The van der Waals surface area contributed by atoms with Crippen molar-refractivity contribution in [3.05, 3.63) is 29.8 Å². The van der Waals surface area contributed by atoms with Crippen LogP contribution in [0, 0.1) is 0 Å². The smallest absolute Gasteiger partial charge is 0.339 e. The number of rotatable bonds is 3. The van der Waals surface area contributed by atoms with Gasteiger partial charge >= 0.3 is 5.97 Å². The molecule has 0 radical (unpaired) electrons. The molecule has 0 bridgehead atoms. The Labute approximate surface area is 101 Å². The van der Waals surface area contributed by atoms with Crippen LogP contribution in [0.2, 0.25) is 0 Å². The van der Waals surface area contributed by atoms with Crippen molar-refractivity contribution in [2.24, 2.45) is 0 Å². The van der Waals surface area contributed by atoms with Gasteiger partial charge in [0.15, 0.2) is 0 Å². The Kier molecular flexibility index (Phi) is 3.98. The molecule has 1 aromatic rings. The zero-order valence-corrected chi connectivity index (χ0v) is 10.0. The fraction of sp³-hybridized carbons (Fsp3) is 0.462. The Morgan fingerprint density at radius 1 is 1.47 bits per heavy atom. The van der Waals surface area contributed by atoms with E-state index in [2.05, 4.69) is 10.6 Å². The molecule has 0 aliphatic carbocycles. The zero-order chi connectivity index (χ0) is 12.1. The topological polar surface area (TPSA) is 50.4 Å². The number of methoxy groups -OCH3 is 1. The van der Waals surface area contributed by atoms with E-state index in [0.717, 1.165) is 31.6 Å². The van der Waals surface area contributed by atoms with Crippen molar-refractivity contribution in [2.75, 3.05) is 25.5 Å². The first-order valence-corrected chi connectivity index (χ1v) is 5.96. The fourth-order valence-corrected chi connectivity index (χ4v) is 2.09. The molecule has 1 atom stereocenters. The predicted octanol–water partition coefficient (Wildman–Crippen LogP) is 1.64. The van der Waals surface area contributed by atoms with Crippen LogP contribution in [0.1, 0.15) is 23.2 Å². The molecule has 1 unspecified atom stereocenters. The molecule has 1 aromatic carbocycles. The first-order chi connectivity index (χ1) is 8.31. The third-order valence-electron chi connectivity index (χ3n) is 2.99. The summed E-state index contributed by atoms with van der Waals surface area (Å²) in [6, 6.07) is 7.85. The fourth-order valence-electron chi connectivity index (χ4n) is 2.09. The van der Waals surface area contributed by atoms with Crippen LogP contribution in [0.3, 0.4) is 0 Å². The number of carbonyl (C=O) groups is 1. The van der Waals surface area contributed by atoms with Crippen molar-refractivity contribution in [1.82, 2.24) is 5.32 Å². The van der Waals surface area contributed by atoms with Crippen LogP contribution in [-0.2, 0) is 4.74 Å². The molecule has 1 fully saturated rings. The molecule has 2 rings (SSSR count). The number of esters is 1. The molecule has 0 saturated carbocycles. The number of benzene rings is 1. The van der Waals surface area contributed by atoms with Crippen molar-refractivity contribution in [2.45, 2.75) is 18.9 Å². The number of piperidine rings is 1. The van der Waals surface area contributed by atoms with E-state index in [1.165, 1.54) is 7.11 Å². The van der Waals surface area contributed by atoms with Gasteiger partial charge in [-0.1, -0.05) is 12.1 Å². The Balaban J connectivity index is 2.11. The van der Waals surface area contributed by atoms with Crippen molar-refractivity contribution in [3.63, 3.8) is 0 Å². The third-order valence-corrected chi connectivity index (χ3v) is 2.99. The maximum absolute atomic E-state index is 11.6. The van der Waals surface area contributed by atoms with Crippen LogP contribution in [0.5, 0.6) is 0 Å². The summed E-state index contributed by atoms with van der Waals surface area (Å²) in [5.41, 5.74) is 1.45. The van der Waals surface area contributed by atoms with Gasteiger partial charge in [0, 0.05) is 18.3 Å². The van der Waals surface area contributed by atoms with E-state index in [0.29, 0.717) is 11.6 Å². The van der Waals surface area contributed by atoms with Crippen molar-refractivity contribution >= 4 is 11.7 Å². The minimum absolute atomic E-state index is 0.295. The molecular formula is C13H18N2O2. The molecule has 4 nitrogen and oxygen atoms in total. The Morgan fingerprint density at radius 3 is 3.00 bits per heavy atom. The van der Waals surface area contributed by atoms with Crippen LogP contribution in [0.25, 0.3) is 0 Å². The largest absolute Gasteiger partial charge is 0.465 e. The first-order valence-electron chi connectivity index (χ1n) is 5.96. The van der Waals surface area contributed by atoms with Gasteiger partial charge in [-0.05, 0) is 31.5 Å². The summed E-state index contributed by atoms with van der Waals surface area (Å²) in [5, 5.41) is 6.74. The Bertz CT molecular complexity index is 387. The second kappa shape index (κ2) is 5.68. The van der Waals surface area contributed by atoms with Gasteiger partial charge in [0.1, 0.15) is 0 Å². The zero-order valence-electron chi connectivity index (χ0n) is 10.0. The van der Waals surface area contributed by atoms with Gasteiger partial charge in [0.05, 0.1) is 12.7 Å². The van der Waals surface area contributed by atoms with Gasteiger partial charge in [-0.3, -0.25) is 0 Å². The van der Waals surface area contributed by atoms with E-state index in [1.54, 1.807) is 6.07 Å². The molecule has 2 N–H and O–H groups in total. The Hall–Kier alpha value is -1.55. The quantitative estimate of drug-likeness (QED) is 0.781. The van der Waals surface area contributed by atoms with Gasteiger partial charge in [-0.2, -0.15) is 0 Å². The summed E-state index contributed by atoms with van der Waals surface area (Å²) in [7, 11) is 1.40. The molecule has 4 heteroatoms. The summed E-state index contributed by atoms with van der Waals surface area (Å²) >= 11 is 0. The highest BCUT2D eigenvalue weighted by Crippen LogP contribution is 2.18. The van der Waals surface area contributed by atoms with Crippen molar-refractivity contribution in [3.8, 4) is 0 Å². The van der Waals surface area contributed by atoms with Gasteiger partial charge in [0.25, 0.3) is 0 Å². The normalized spacial score (nSPS) is 19.7. The number of hydrogen-bond acceptors (Lipinski definition) is 4. The average Bonchev–Trinajstić information content (AvgIpc) is 2.40. The molecule has 17 heavy (non-hydrogen) atoms. The second-order valence-electron chi connectivity index (χ2n) is 4.22. The summed E-state index contributed by atoms with van der Waals surface area (Å²) in [6.45, 7) is 2.02. The number of ether oxygens (including phenoxy) is 1. The monoisotopic (exact) mass is 234 g/mol. The SMILES string of the molecule is COC(=O)c1ccccc1NC1CCCNC1. The van der Waals surface area contributed by atoms with Crippen LogP contribution in [0.4, 0.5) is 5.69 Å². The lowest BCUT2D eigenvalue weighted by atomic mass is 10.1. The van der Waals surface area contributed by atoms with E-state index < -0.39 is 0 Å². The van der Waals surface area contributed by atoms with Gasteiger partial charge in [0.2, 0.25) is 0 Å². The van der Waals surface area contributed by atoms with E-state index in [-0.39, 0.29) is 5.97 Å². The summed E-state index contributed by atoms with van der Waals surface area (Å²) in [5.74, 6) is -0.295. The average molecular weight is 234 g/mol. The van der Waals surface area contributed by atoms with Crippen LogP contribution < -0.4 is 10.6 Å². The molecule has 0 amide bonds. The lowest BCUT2D eigenvalue weighted by Crippen LogP contribution is -2.38. The van der Waals surface area contributed by atoms with Crippen molar-refractivity contribution in [1.29, 1.82) is 0 Å². The Morgan fingerprint density at radius 2 is 2.29 bits per heavy atom. The molecule has 92 valence electrons. The van der Waals surface area contributed by atoms with E-state index in [4.69, 9.17) is 4.74 Å². The molecule has 0 spiro atoms. The highest BCUT2D eigenvalue weighted by Gasteiger charge is 2.16. The van der Waals surface area contributed by atoms with Gasteiger partial charge in [-0.25, -0.2) is 4.79 Å². The minimum Gasteiger partial charge on any atom is -0.465 e. The van der Waals surface area contributed by atoms with Gasteiger partial charge in [-0.15, -0.1) is 0 Å². The summed E-state index contributed by atoms with van der Waals surface area (Å²) in [6.07, 6.45) is 2.29. The lowest BCUT2D eigenvalue weighted by Gasteiger charge is -2.25. The minimum atomic E-state index is -0.295. The maximum atomic E-state index is 11.6. The number of para-hydroxylation sites is 1. The van der Waals surface area contributed by atoms with Crippen LogP contribution in [-0.4, -0.2) is 32.2 Å². The maximum Gasteiger partial charge on any atom is 0.339 e. The molecule has 1 heterocycles. The number of hydrogen-bond donors (Lipinski definition) is 2. The predicted molar refractivity (Wildman–Crippen MR) is 67.3 cm³/mol. The van der Waals surface area contributed by atoms with Crippen molar-refractivity contribution < 1.29 is 9.53 Å². The third kappa shape index (κ3) is 2.97. The molecule has 0 aromatic heterocycles. The second-order valence-corrected chi connectivity index (χ2v) is 4.22. The summed E-state index contributed by atoms with van der Waals surface area (Å²) < 4.78 is 4.77. The van der Waals surface area contributed by atoms with E-state index in [9.17, 15) is 4.79 Å². The number of carbonyl (C=O) groups excluding carboxylic acids is 1. The molecule has 1 saturated heterocycles. The van der Waals surface area contributed by atoms with E-state index >= 15 is 0 Å². The molecule has 1 aliphatic heterocycles. The van der Waals surface area contributed by atoms with E-state index in [1.807, 2.05) is 18.2 Å². The highest BCUT2D eigenvalue weighted by molar-refractivity contribution is 5.95. The summed E-state index contributed by atoms with van der Waals surface area (Å²) in [4.78, 5) is 11.6. The number of anilines is 1. The first kappa shape index (κ1) is 11.9. The van der Waals surface area contributed by atoms with Crippen LogP contribution >= 0.6 is 0 Å². The standard InChI is InChI=1S/C13H18N2O2/c1-17-13(16)11-6-2-3-7-12(11)15-10-5-4-8-14-9-10/h2-3,6-7,10,14-15H,4-5,8-9H2,1H3.